The Labute approximate surface area is 216 Å². The molecule has 0 radical (unpaired) electrons. The molecule has 0 spiro atoms. The summed E-state index contributed by atoms with van der Waals surface area (Å²) in [5, 5.41) is 10.3. The third-order valence-electron chi connectivity index (χ3n) is 7.43. The third-order valence-corrected chi connectivity index (χ3v) is 7.43. The van der Waals surface area contributed by atoms with Crippen LogP contribution in [-0.4, -0.2) is 64.0 Å². The molecule has 190 valence electrons. The lowest BCUT2D eigenvalue weighted by Crippen LogP contribution is -2.56. The first-order valence-corrected chi connectivity index (χ1v) is 13.1. The minimum atomic E-state index is -0.00830. The Kier molecular flexibility index (Phi) is 8.44. The SMILES string of the molecule is CCN(CC)C(=O)c1ccc([C@@H](c2cccc(O)c2)N2C[C@@H](C)N(Cc3ccccc3)C[C@@H]2C)cc1. The summed E-state index contributed by atoms with van der Waals surface area (Å²) in [6.45, 7) is 12.8. The maximum absolute atomic E-state index is 12.9. The number of nitrogens with zero attached hydrogens (tertiary/aromatic N) is 3. The van der Waals surface area contributed by atoms with E-state index in [9.17, 15) is 9.90 Å². The van der Waals surface area contributed by atoms with E-state index in [0.717, 1.165) is 30.8 Å². The zero-order chi connectivity index (χ0) is 25.7. The van der Waals surface area contributed by atoms with Crippen LogP contribution in [-0.2, 0) is 6.54 Å². The molecule has 0 bridgehead atoms. The van der Waals surface area contributed by atoms with Gasteiger partial charge in [0.15, 0.2) is 0 Å². The van der Waals surface area contributed by atoms with E-state index in [0.29, 0.717) is 30.7 Å². The van der Waals surface area contributed by atoms with Gasteiger partial charge in [-0.25, -0.2) is 0 Å². The summed E-state index contributed by atoms with van der Waals surface area (Å²) in [6.07, 6.45) is 0. The number of phenols is 1. The molecule has 1 saturated heterocycles. The van der Waals surface area contributed by atoms with Gasteiger partial charge in [0.25, 0.3) is 5.91 Å². The van der Waals surface area contributed by atoms with Crippen molar-refractivity contribution in [3.8, 4) is 5.75 Å². The van der Waals surface area contributed by atoms with Crippen molar-refractivity contribution in [2.75, 3.05) is 26.2 Å². The largest absolute Gasteiger partial charge is 0.508 e. The fraction of sp³-hybridized carbons (Fsp3) is 0.387. The van der Waals surface area contributed by atoms with Crippen molar-refractivity contribution in [1.29, 1.82) is 0 Å². The minimum Gasteiger partial charge on any atom is -0.508 e. The van der Waals surface area contributed by atoms with Crippen molar-refractivity contribution in [2.45, 2.75) is 52.4 Å². The fourth-order valence-corrected chi connectivity index (χ4v) is 5.39. The van der Waals surface area contributed by atoms with Crippen LogP contribution in [0.25, 0.3) is 0 Å². The monoisotopic (exact) mass is 485 g/mol. The zero-order valence-electron chi connectivity index (χ0n) is 22.0. The molecule has 0 aliphatic carbocycles. The highest BCUT2D eigenvalue weighted by Gasteiger charge is 2.35. The average molecular weight is 486 g/mol. The van der Waals surface area contributed by atoms with E-state index in [2.05, 4.69) is 72.2 Å². The molecule has 36 heavy (non-hydrogen) atoms. The van der Waals surface area contributed by atoms with Crippen LogP contribution in [0.5, 0.6) is 5.75 Å². The Balaban J connectivity index is 1.62. The van der Waals surface area contributed by atoms with Gasteiger partial charge in [0.05, 0.1) is 6.04 Å². The summed E-state index contributed by atoms with van der Waals surface area (Å²) >= 11 is 0. The van der Waals surface area contributed by atoms with Gasteiger partial charge in [0.1, 0.15) is 5.75 Å². The number of phenolic OH excluding ortho intramolecular Hbond substituents is 1. The summed E-state index contributed by atoms with van der Waals surface area (Å²) < 4.78 is 0. The van der Waals surface area contributed by atoms with Crippen LogP contribution in [0.3, 0.4) is 0 Å². The number of amides is 1. The van der Waals surface area contributed by atoms with E-state index in [1.54, 1.807) is 6.07 Å². The van der Waals surface area contributed by atoms with Crippen molar-refractivity contribution < 1.29 is 9.90 Å². The molecular weight excluding hydrogens is 446 g/mol. The fourth-order valence-electron chi connectivity index (χ4n) is 5.39. The van der Waals surface area contributed by atoms with Gasteiger partial charge in [-0.2, -0.15) is 0 Å². The lowest BCUT2D eigenvalue weighted by Gasteiger charge is -2.47. The Bertz CT molecular complexity index is 1130. The van der Waals surface area contributed by atoms with Crippen molar-refractivity contribution in [2.24, 2.45) is 0 Å². The van der Waals surface area contributed by atoms with Crippen molar-refractivity contribution in [3.05, 3.63) is 101 Å². The van der Waals surface area contributed by atoms with Gasteiger partial charge in [0, 0.05) is 50.4 Å². The van der Waals surface area contributed by atoms with E-state index < -0.39 is 0 Å². The maximum atomic E-state index is 12.9. The highest BCUT2D eigenvalue weighted by atomic mass is 16.3. The topological polar surface area (TPSA) is 47.0 Å². The normalized spacial score (nSPS) is 19.7. The quantitative estimate of drug-likeness (QED) is 0.454. The first kappa shape index (κ1) is 25.9. The predicted octanol–water partition coefficient (Wildman–Crippen LogP) is 5.56. The highest BCUT2D eigenvalue weighted by molar-refractivity contribution is 5.94. The molecule has 0 saturated carbocycles. The van der Waals surface area contributed by atoms with Gasteiger partial charge in [0.2, 0.25) is 0 Å². The molecule has 0 aromatic heterocycles. The number of piperazine rings is 1. The molecule has 4 rings (SSSR count). The summed E-state index contributed by atoms with van der Waals surface area (Å²) in [5.41, 5.74) is 4.25. The van der Waals surface area contributed by atoms with E-state index >= 15 is 0 Å². The summed E-state index contributed by atoms with van der Waals surface area (Å²) in [6, 6.07) is 27.0. The van der Waals surface area contributed by atoms with Crippen LogP contribution in [0.2, 0.25) is 0 Å². The molecule has 1 amide bonds. The summed E-state index contributed by atoms with van der Waals surface area (Å²) in [7, 11) is 0. The van der Waals surface area contributed by atoms with Gasteiger partial charge in [-0.05, 0) is 68.7 Å². The number of carbonyl (C=O) groups is 1. The van der Waals surface area contributed by atoms with E-state index in [4.69, 9.17) is 0 Å². The Hall–Kier alpha value is -3.15. The van der Waals surface area contributed by atoms with Crippen molar-refractivity contribution in [1.82, 2.24) is 14.7 Å². The molecule has 1 aliphatic heterocycles. The minimum absolute atomic E-state index is 0.00830. The number of carbonyl (C=O) groups excluding carboxylic acids is 1. The average Bonchev–Trinajstić information content (AvgIpc) is 2.89. The molecular formula is C31H39N3O2. The standard InChI is InChI=1S/C31H39N3O2/c1-5-32(6-2)31(36)27-17-15-26(16-18-27)30(28-13-10-14-29(35)19-28)34-21-23(3)33(20-24(34)4)22-25-11-8-7-9-12-25/h7-19,23-24,30,35H,5-6,20-22H2,1-4H3/t23-,24+,30+/m1/s1. The molecule has 5 heteroatoms. The number of rotatable bonds is 8. The molecule has 0 unspecified atom stereocenters. The first-order chi connectivity index (χ1) is 17.4. The van der Waals surface area contributed by atoms with Crippen LogP contribution in [0, 0.1) is 0 Å². The second-order valence-electron chi connectivity index (χ2n) is 9.91. The van der Waals surface area contributed by atoms with Gasteiger partial charge >= 0.3 is 0 Å². The lowest BCUT2D eigenvalue weighted by molar-refractivity contribution is 0.0195. The van der Waals surface area contributed by atoms with Crippen molar-refractivity contribution in [3.63, 3.8) is 0 Å². The molecule has 5 nitrogen and oxygen atoms in total. The predicted molar refractivity (Wildman–Crippen MR) is 146 cm³/mol. The smallest absolute Gasteiger partial charge is 0.253 e. The Morgan fingerprint density at radius 3 is 2.22 bits per heavy atom. The number of benzene rings is 3. The van der Waals surface area contributed by atoms with Crippen LogP contribution >= 0.6 is 0 Å². The van der Waals surface area contributed by atoms with Crippen molar-refractivity contribution >= 4 is 5.91 Å². The molecule has 1 heterocycles. The van der Waals surface area contributed by atoms with Gasteiger partial charge in [-0.15, -0.1) is 0 Å². The van der Waals surface area contributed by atoms with Crippen LogP contribution in [0.1, 0.15) is 60.8 Å². The van der Waals surface area contributed by atoms with Gasteiger partial charge in [-0.3, -0.25) is 14.6 Å². The number of hydrogen-bond donors (Lipinski definition) is 1. The summed E-state index contributed by atoms with van der Waals surface area (Å²) in [5.74, 6) is 0.339. The Morgan fingerprint density at radius 1 is 0.889 bits per heavy atom. The second-order valence-corrected chi connectivity index (χ2v) is 9.91. The van der Waals surface area contributed by atoms with E-state index in [1.807, 2.05) is 43.0 Å². The summed E-state index contributed by atoms with van der Waals surface area (Å²) in [4.78, 5) is 19.8. The van der Waals surface area contributed by atoms with E-state index in [1.165, 1.54) is 5.56 Å². The molecule has 3 aromatic rings. The first-order valence-electron chi connectivity index (χ1n) is 13.1. The lowest BCUT2D eigenvalue weighted by atomic mass is 9.92. The molecule has 1 N–H and O–H groups in total. The molecule has 3 atom stereocenters. The molecule has 3 aromatic carbocycles. The van der Waals surface area contributed by atoms with Crippen LogP contribution < -0.4 is 0 Å². The van der Waals surface area contributed by atoms with Crippen LogP contribution in [0.4, 0.5) is 0 Å². The highest BCUT2D eigenvalue weighted by Crippen LogP contribution is 2.35. The number of hydrogen-bond acceptors (Lipinski definition) is 4. The second kappa shape index (κ2) is 11.7. The molecule has 1 fully saturated rings. The van der Waals surface area contributed by atoms with E-state index in [-0.39, 0.29) is 17.7 Å². The molecule has 1 aliphatic rings. The van der Waals surface area contributed by atoms with Gasteiger partial charge in [-0.1, -0.05) is 54.6 Å². The van der Waals surface area contributed by atoms with Crippen LogP contribution in [0.15, 0.2) is 78.9 Å². The van der Waals surface area contributed by atoms with Gasteiger partial charge < -0.3 is 10.0 Å². The zero-order valence-corrected chi connectivity index (χ0v) is 22.0. The Morgan fingerprint density at radius 2 is 1.58 bits per heavy atom. The number of aromatic hydroxyl groups is 1. The maximum Gasteiger partial charge on any atom is 0.253 e. The third kappa shape index (κ3) is 5.80.